The first-order chi connectivity index (χ1) is 11.7. The fraction of sp³-hybridized carbons (Fsp3) is 0.625. The van der Waals surface area contributed by atoms with Crippen molar-refractivity contribution in [3.8, 4) is 0 Å². The minimum Gasteiger partial charge on any atom is -0.347 e. The Labute approximate surface area is 140 Å². The Morgan fingerprint density at radius 2 is 2.12 bits per heavy atom. The fourth-order valence-corrected chi connectivity index (χ4v) is 3.72. The molecule has 2 aliphatic rings. The molecule has 0 aromatic carbocycles. The number of nitrogens with two attached hydrogens (primary N) is 1. The maximum atomic E-state index is 12.4. The molecule has 0 bridgehead atoms. The number of aromatic amines is 1. The van der Waals surface area contributed by atoms with Crippen LogP contribution in [0.5, 0.6) is 0 Å². The third-order valence-electron chi connectivity index (χ3n) is 5.21. The number of hydrogen-bond donors (Lipinski definition) is 3. The zero-order chi connectivity index (χ0) is 16.5. The number of nitrogens with one attached hydrogen (secondary N) is 2. The third kappa shape index (κ3) is 3.06. The molecular formula is C16H23N7O. The molecule has 0 spiro atoms. The van der Waals surface area contributed by atoms with Gasteiger partial charge in [-0.3, -0.25) is 9.89 Å². The molecule has 2 aliphatic carbocycles. The average molecular weight is 329 g/mol. The molecule has 8 heteroatoms. The second-order valence-corrected chi connectivity index (χ2v) is 6.94. The number of carbonyl (C=O) groups excluding carboxylic acids is 1. The number of rotatable bonds is 3. The van der Waals surface area contributed by atoms with Crippen molar-refractivity contribution in [1.29, 1.82) is 0 Å². The lowest BCUT2D eigenvalue weighted by Crippen LogP contribution is -2.39. The van der Waals surface area contributed by atoms with Crippen LogP contribution in [0.15, 0.2) is 12.4 Å². The van der Waals surface area contributed by atoms with Gasteiger partial charge in [-0.25, -0.2) is 4.68 Å². The van der Waals surface area contributed by atoms with Crippen molar-refractivity contribution < 1.29 is 4.79 Å². The largest absolute Gasteiger partial charge is 0.347 e. The lowest BCUT2D eigenvalue weighted by molar-refractivity contribution is 0.0928. The Bertz CT molecular complexity index is 714. The van der Waals surface area contributed by atoms with Crippen LogP contribution in [0.4, 0.5) is 0 Å². The highest BCUT2D eigenvalue weighted by Gasteiger charge is 2.25. The van der Waals surface area contributed by atoms with Crippen LogP contribution in [0.2, 0.25) is 0 Å². The number of amides is 1. The first-order valence-corrected chi connectivity index (χ1v) is 8.68. The van der Waals surface area contributed by atoms with Crippen LogP contribution in [0.1, 0.15) is 59.9 Å². The number of hydrogen-bond acceptors (Lipinski definition) is 5. The van der Waals surface area contributed by atoms with Crippen LogP contribution in [0, 0.1) is 0 Å². The second-order valence-electron chi connectivity index (χ2n) is 6.94. The number of fused-ring (bicyclic) bond motifs is 1. The van der Waals surface area contributed by atoms with Crippen LogP contribution in [-0.4, -0.2) is 43.2 Å². The van der Waals surface area contributed by atoms with Crippen LogP contribution in [-0.2, 0) is 12.8 Å². The minimum absolute atomic E-state index is 0.114. The van der Waals surface area contributed by atoms with E-state index in [9.17, 15) is 4.79 Å². The van der Waals surface area contributed by atoms with Crippen LogP contribution in [0.3, 0.4) is 0 Å². The summed E-state index contributed by atoms with van der Waals surface area (Å²) in [6.07, 6.45) is 10.3. The highest BCUT2D eigenvalue weighted by Crippen LogP contribution is 2.26. The van der Waals surface area contributed by atoms with E-state index in [1.165, 1.54) is 5.56 Å². The molecule has 128 valence electrons. The summed E-state index contributed by atoms with van der Waals surface area (Å²) >= 11 is 0. The summed E-state index contributed by atoms with van der Waals surface area (Å²) in [4.78, 5) is 12.4. The predicted molar refractivity (Wildman–Crippen MR) is 87.4 cm³/mol. The molecule has 0 saturated heterocycles. The van der Waals surface area contributed by atoms with Gasteiger partial charge in [0.1, 0.15) is 0 Å². The summed E-state index contributed by atoms with van der Waals surface area (Å²) in [5, 5.41) is 18.4. The minimum atomic E-state index is -0.151. The van der Waals surface area contributed by atoms with E-state index in [0.29, 0.717) is 17.8 Å². The summed E-state index contributed by atoms with van der Waals surface area (Å²) < 4.78 is 1.83. The van der Waals surface area contributed by atoms with E-state index in [0.717, 1.165) is 50.6 Å². The molecular weight excluding hydrogens is 306 g/mol. The smallest absolute Gasteiger partial charge is 0.273 e. The maximum absolute atomic E-state index is 12.4. The Hall–Kier alpha value is -2.22. The van der Waals surface area contributed by atoms with Crippen molar-refractivity contribution in [2.75, 3.05) is 0 Å². The van der Waals surface area contributed by atoms with Crippen LogP contribution in [0.25, 0.3) is 0 Å². The van der Waals surface area contributed by atoms with Gasteiger partial charge in [0.15, 0.2) is 5.69 Å². The molecule has 1 atom stereocenters. The SMILES string of the molecule is NC1CCC(n2cc(C(=O)NC3CCc4cn[nH]c4C3)nn2)CC1. The Balaban J connectivity index is 1.37. The summed E-state index contributed by atoms with van der Waals surface area (Å²) in [6.45, 7) is 0. The predicted octanol–water partition coefficient (Wildman–Crippen LogP) is 0.731. The molecule has 1 amide bonds. The highest BCUT2D eigenvalue weighted by atomic mass is 16.2. The quantitative estimate of drug-likeness (QED) is 0.768. The monoisotopic (exact) mass is 329 g/mol. The fourth-order valence-electron chi connectivity index (χ4n) is 3.72. The molecule has 2 aromatic rings. The number of nitrogens with zero attached hydrogens (tertiary/aromatic N) is 4. The highest BCUT2D eigenvalue weighted by molar-refractivity contribution is 5.92. The van der Waals surface area contributed by atoms with Crippen molar-refractivity contribution in [1.82, 2.24) is 30.5 Å². The van der Waals surface area contributed by atoms with Gasteiger partial charge < -0.3 is 11.1 Å². The van der Waals surface area contributed by atoms with Gasteiger partial charge >= 0.3 is 0 Å². The average Bonchev–Trinajstić information content (AvgIpc) is 3.24. The van der Waals surface area contributed by atoms with Crippen molar-refractivity contribution >= 4 is 5.91 Å². The molecule has 0 aliphatic heterocycles. The summed E-state index contributed by atoms with van der Waals surface area (Å²) in [7, 11) is 0. The van der Waals surface area contributed by atoms with Gasteiger partial charge in [0.25, 0.3) is 5.91 Å². The second kappa shape index (κ2) is 6.35. The summed E-state index contributed by atoms with van der Waals surface area (Å²) in [5.74, 6) is -0.151. The maximum Gasteiger partial charge on any atom is 0.273 e. The van der Waals surface area contributed by atoms with Gasteiger partial charge in [-0.1, -0.05) is 5.21 Å². The molecule has 1 saturated carbocycles. The van der Waals surface area contributed by atoms with E-state index >= 15 is 0 Å². The van der Waals surface area contributed by atoms with E-state index < -0.39 is 0 Å². The topological polar surface area (TPSA) is 115 Å². The van der Waals surface area contributed by atoms with E-state index in [1.807, 2.05) is 10.9 Å². The van der Waals surface area contributed by atoms with E-state index in [1.54, 1.807) is 6.20 Å². The lowest BCUT2D eigenvalue weighted by atomic mass is 9.92. The van der Waals surface area contributed by atoms with Crippen molar-refractivity contribution in [3.63, 3.8) is 0 Å². The van der Waals surface area contributed by atoms with Crippen molar-refractivity contribution in [2.24, 2.45) is 5.73 Å². The number of carbonyl (C=O) groups is 1. The van der Waals surface area contributed by atoms with Crippen LogP contribution < -0.4 is 11.1 Å². The zero-order valence-corrected chi connectivity index (χ0v) is 13.6. The Kier molecular flexibility index (Phi) is 4.05. The summed E-state index contributed by atoms with van der Waals surface area (Å²) in [5.41, 5.74) is 8.70. The molecule has 2 aromatic heterocycles. The number of aryl methyl sites for hydroxylation is 1. The standard InChI is InChI=1S/C16H23N7O/c17-11-2-5-13(6-3-11)23-9-15(21-22-23)16(24)19-12-4-1-10-8-18-20-14(10)7-12/h8-9,11-13H,1-7,17H2,(H,18,20)(H,19,24). The van der Waals surface area contributed by atoms with Gasteiger partial charge in [-0.15, -0.1) is 5.10 Å². The first kappa shape index (κ1) is 15.3. The molecule has 24 heavy (non-hydrogen) atoms. The summed E-state index contributed by atoms with van der Waals surface area (Å²) in [6, 6.07) is 0.718. The Morgan fingerprint density at radius 1 is 1.29 bits per heavy atom. The van der Waals surface area contributed by atoms with Crippen molar-refractivity contribution in [2.45, 2.75) is 63.1 Å². The molecule has 0 radical (unpaired) electrons. The first-order valence-electron chi connectivity index (χ1n) is 8.68. The molecule has 4 rings (SSSR count). The number of H-pyrrole nitrogens is 1. The third-order valence-corrected chi connectivity index (χ3v) is 5.21. The van der Waals surface area contributed by atoms with E-state index in [-0.39, 0.29) is 11.9 Å². The van der Waals surface area contributed by atoms with E-state index in [4.69, 9.17) is 5.73 Å². The number of aromatic nitrogens is 5. The molecule has 2 heterocycles. The molecule has 8 nitrogen and oxygen atoms in total. The Morgan fingerprint density at radius 3 is 2.96 bits per heavy atom. The molecule has 1 unspecified atom stereocenters. The normalized spacial score (nSPS) is 26.8. The molecule has 4 N–H and O–H groups in total. The van der Waals surface area contributed by atoms with E-state index in [2.05, 4.69) is 25.8 Å². The molecule has 1 fully saturated rings. The van der Waals surface area contributed by atoms with Crippen LogP contribution >= 0.6 is 0 Å². The zero-order valence-electron chi connectivity index (χ0n) is 13.6. The lowest BCUT2D eigenvalue weighted by Gasteiger charge is -2.25. The van der Waals surface area contributed by atoms with Gasteiger partial charge in [0.2, 0.25) is 0 Å². The van der Waals surface area contributed by atoms with Gasteiger partial charge in [0, 0.05) is 24.2 Å². The van der Waals surface area contributed by atoms with Gasteiger partial charge in [-0.2, -0.15) is 5.10 Å². The van der Waals surface area contributed by atoms with Gasteiger partial charge in [0.05, 0.1) is 18.4 Å². The van der Waals surface area contributed by atoms with Crippen molar-refractivity contribution in [3.05, 3.63) is 29.3 Å². The van der Waals surface area contributed by atoms with Gasteiger partial charge in [-0.05, 0) is 44.1 Å².